The molecule has 3 aliphatic rings. The van der Waals surface area contributed by atoms with Crippen LogP contribution in [0.3, 0.4) is 0 Å². The predicted octanol–water partition coefficient (Wildman–Crippen LogP) is 2.21. The smallest absolute Gasteiger partial charge is 0.0729 e. The van der Waals surface area contributed by atoms with E-state index >= 15 is 0 Å². The highest BCUT2D eigenvalue weighted by atomic mass is 16.5. The maximum absolute atomic E-state index is 6.17. The Morgan fingerprint density at radius 1 is 1.11 bits per heavy atom. The molecule has 3 atom stereocenters. The molecule has 3 unspecified atom stereocenters. The van der Waals surface area contributed by atoms with Gasteiger partial charge in [-0.05, 0) is 62.9 Å². The first-order valence-corrected chi connectivity index (χ1v) is 7.71. The first-order chi connectivity index (χ1) is 8.79. The van der Waals surface area contributed by atoms with Crippen molar-refractivity contribution in [2.75, 3.05) is 32.9 Å². The van der Waals surface area contributed by atoms with Crippen LogP contribution < -0.4 is 5.32 Å². The Morgan fingerprint density at radius 2 is 1.94 bits per heavy atom. The molecule has 0 aromatic rings. The molecule has 3 fully saturated rings. The minimum atomic E-state index is 0.172. The van der Waals surface area contributed by atoms with Gasteiger partial charge in [0, 0.05) is 19.8 Å². The Hall–Kier alpha value is -0.120. The van der Waals surface area contributed by atoms with E-state index in [0.717, 1.165) is 50.4 Å². The van der Waals surface area contributed by atoms with Gasteiger partial charge in [-0.1, -0.05) is 6.92 Å². The minimum absolute atomic E-state index is 0.172. The maximum atomic E-state index is 6.17. The summed E-state index contributed by atoms with van der Waals surface area (Å²) in [7, 11) is 0. The van der Waals surface area contributed by atoms with Gasteiger partial charge in [-0.2, -0.15) is 0 Å². The van der Waals surface area contributed by atoms with Crippen molar-refractivity contribution in [3.05, 3.63) is 0 Å². The van der Waals surface area contributed by atoms with Crippen LogP contribution in [0.25, 0.3) is 0 Å². The lowest BCUT2D eigenvalue weighted by atomic mass is 9.69. The van der Waals surface area contributed by atoms with Crippen LogP contribution >= 0.6 is 0 Å². The van der Waals surface area contributed by atoms with E-state index in [2.05, 4.69) is 12.2 Å². The topological polar surface area (TPSA) is 30.5 Å². The lowest BCUT2D eigenvalue weighted by Gasteiger charge is -2.47. The molecule has 3 heteroatoms. The van der Waals surface area contributed by atoms with Gasteiger partial charge in [0.05, 0.1) is 5.60 Å². The number of hydrogen-bond donors (Lipinski definition) is 1. The average molecular weight is 253 g/mol. The molecule has 3 saturated heterocycles. The third-order valence-corrected chi connectivity index (χ3v) is 5.39. The van der Waals surface area contributed by atoms with Gasteiger partial charge >= 0.3 is 0 Å². The van der Waals surface area contributed by atoms with Gasteiger partial charge in [0.1, 0.15) is 0 Å². The van der Waals surface area contributed by atoms with E-state index in [0.29, 0.717) is 0 Å². The second kappa shape index (κ2) is 5.48. The molecular weight excluding hydrogens is 226 g/mol. The first kappa shape index (κ1) is 12.9. The van der Waals surface area contributed by atoms with Gasteiger partial charge in [0.25, 0.3) is 0 Å². The molecule has 0 saturated carbocycles. The quantitative estimate of drug-likeness (QED) is 0.777. The van der Waals surface area contributed by atoms with Crippen molar-refractivity contribution in [1.82, 2.24) is 5.32 Å². The molecule has 3 aliphatic heterocycles. The first-order valence-electron chi connectivity index (χ1n) is 7.71. The van der Waals surface area contributed by atoms with Crippen LogP contribution in [-0.4, -0.2) is 38.5 Å². The van der Waals surface area contributed by atoms with Gasteiger partial charge in [0.2, 0.25) is 0 Å². The maximum Gasteiger partial charge on any atom is 0.0729 e. The number of rotatable bonds is 1. The summed E-state index contributed by atoms with van der Waals surface area (Å²) in [5.74, 6) is 2.63. The Bertz CT molecular complexity index is 270. The van der Waals surface area contributed by atoms with Gasteiger partial charge in [-0.25, -0.2) is 0 Å². The van der Waals surface area contributed by atoms with Crippen molar-refractivity contribution >= 4 is 0 Å². The van der Waals surface area contributed by atoms with Crippen LogP contribution in [0.5, 0.6) is 0 Å². The normalized spacial score (nSPS) is 40.8. The Morgan fingerprint density at radius 3 is 2.72 bits per heavy atom. The molecule has 3 nitrogen and oxygen atoms in total. The lowest BCUT2D eigenvalue weighted by molar-refractivity contribution is -0.155. The molecule has 3 rings (SSSR count). The van der Waals surface area contributed by atoms with Gasteiger partial charge in [-0.15, -0.1) is 0 Å². The van der Waals surface area contributed by atoms with Gasteiger partial charge in [0.15, 0.2) is 0 Å². The Kier molecular flexibility index (Phi) is 3.92. The van der Waals surface area contributed by atoms with E-state index in [9.17, 15) is 0 Å². The summed E-state index contributed by atoms with van der Waals surface area (Å²) in [5, 5.41) is 3.52. The Labute approximate surface area is 111 Å². The van der Waals surface area contributed by atoms with E-state index in [1.165, 1.54) is 32.4 Å². The summed E-state index contributed by atoms with van der Waals surface area (Å²) in [5.41, 5.74) is 0.172. The third-order valence-electron chi connectivity index (χ3n) is 5.39. The van der Waals surface area contributed by atoms with E-state index in [1.54, 1.807) is 0 Å². The van der Waals surface area contributed by atoms with Crippen molar-refractivity contribution in [1.29, 1.82) is 0 Å². The molecule has 0 amide bonds. The zero-order valence-electron chi connectivity index (χ0n) is 11.6. The highest BCUT2D eigenvalue weighted by Gasteiger charge is 2.42. The van der Waals surface area contributed by atoms with Crippen LogP contribution in [0.15, 0.2) is 0 Å². The van der Waals surface area contributed by atoms with Crippen molar-refractivity contribution in [3.8, 4) is 0 Å². The van der Waals surface area contributed by atoms with E-state index < -0.39 is 0 Å². The van der Waals surface area contributed by atoms with Crippen LogP contribution in [0.1, 0.15) is 39.0 Å². The fourth-order valence-corrected chi connectivity index (χ4v) is 4.26. The van der Waals surface area contributed by atoms with Crippen molar-refractivity contribution in [2.24, 2.45) is 17.8 Å². The highest BCUT2D eigenvalue weighted by Crippen LogP contribution is 2.42. The van der Waals surface area contributed by atoms with Crippen LogP contribution in [0.2, 0.25) is 0 Å². The molecule has 0 aromatic carbocycles. The van der Waals surface area contributed by atoms with Crippen molar-refractivity contribution < 1.29 is 9.47 Å². The summed E-state index contributed by atoms with van der Waals surface area (Å²) in [4.78, 5) is 0. The number of hydrogen-bond acceptors (Lipinski definition) is 3. The van der Waals surface area contributed by atoms with Gasteiger partial charge < -0.3 is 14.8 Å². The molecule has 0 bridgehead atoms. The summed E-state index contributed by atoms with van der Waals surface area (Å²) in [6.07, 6.45) is 6.15. The molecule has 0 aromatic heterocycles. The van der Waals surface area contributed by atoms with Crippen molar-refractivity contribution in [2.45, 2.75) is 44.6 Å². The number of piperidine rings is 1. The molecule has 0 aliphatic carbocycles. The van der Waals surface area contributed by atoms with Crippen LogP contribution in [-0.2, 0) is 9.47 Å². The number of nitrogens with one attached hydrogen (secondary N) is 1. The summed E-state index contributed by atoms with van der Waals surface area (Å²) in [6.45, 7) is 7.61. The minimum Gasteiger partial charge on any atom is -0.381 e. The molecule has 104 valence electrons. The largest absolute Gasteiger partial charge is 0.381 e. The molecule has 0 radical (unpaired) electrons. The molecule has 3 heterocycles. The molecule has 1 spiro atoms. The standard InChI is InChI=1S/C15H27NO2/c1-12-11-16-6-2-14(12)13-3-7-18-15(10-13)4-8-17-9-5-15/h12-14,16H,2-11H2,1H3. The van der Waals surface area contributed by atoms with Crippen LogP contribution in [0.4, 0.5) is 0 Å². The fraction of sp³-hybridized carbons (Fsp3) is 1.00. The summed E-state index contributed by atoms with van der Waals surface area (Å²) < 4.78 is 11.7. The van der Waals surface area contributed by atoms with E-state index in [4.69, 9.17) is 9.47 Å². The average Bonchev–Trinajstić information content (AvgIpc) is 2.40. The second-order valence-electron chi connectivity index (χ2n) is 6.53. The van der Waals surface area contributed by atoms with E-state index in [1.807, 2.05) is 0 Å². The number of ether oxygens (including phenoxy) is 2. The molecular formula is C15H27NO2. The lowest BCUT2D eigenvalue weighted by Crippen LogP contribution is -2.48. The zero-order chi connectivity index (χ0) is 12.4. The van der Waals surface area contributed by atoms with Crippen molar-refractivity contribution in [3.63, 3.8) is 0 Å². The Balaban J connectivity index is 1.65. The fourth-order valence-electron chi connectivity index (χ4n) is 4.26. The molecule has 18 heavy (non-hydrogen) atoms. The zero-order valence-corrected chi connectivity index (χ0v) is 11.6. The molecule has 1 N–H and O–H groups in total. The van der Waals surface area contributed by atoms with E-state index in [-0.39, 0.29) is 5.60 Å². The highest BCUT2D eigenvalue weighted by molar-refractivity contribution is 4.93. The summed E-state index contributed by atoms with van der Waals surface area (Å²) in [6, 6.07) is 0. The second-order valence-corrected chi connectivity index (χ2v) is 6.53. The predicted molar refractivity (Wildman–Crippen MR) is 71.6 cm³/mol. The third kappa shape index (κ3) is 2.59. The monoisotopic (exact) mass is 253 g/mol. The summed E-state index contributed by atoms with van der Waals surface area (Å²) >= 11 is 0. The van der Waals surface area contributed by atoms with Gasteiger partial charge in [-0.3, -0.25) is 0 Å². The SMILES string of the molecule is CC1CNCCC1C1CCOC2(CCOCC2)C1. The van der Waals surface area contributed by atoms with Crippen LogP contribution in [0, 0.1) is 17.8 Å².